The standard InChI is InChI=1S/C21H26FN3O3S/c1-23(2)29(27,28)20-10-3-17(4-11-20)5-12-21(26)25-15-13-24(14-16-25)19-8-6-18(22)7-9-19/h3-4,6-11H,5,12-16H2,1-2H3. The van der Waals surface area contributed by atoms with Crippen LogP contribution < -0.4 is 4.90 Å². The number of sulfonamides is 1. The minimum absolute atomic E-state index is 0.0914. The third-order valence-corrected chi connectivity index (χ3v) is 6.98. The van der Waals surface area contributed by atoms with Crippen molar-refractivity contribution in [2.24, 2.45) is 0 Å². The molecule has 0 saturated carbocycles. The summed E-state index contributed by atoms with van der Waals surface area (Å²) >= 11 is 0. The van der Waals surface area contributed by atoms with Crippen molar-refractivity contribution in [3.8, 4) is 0 Å². The molecule has 0 radical (unpaired) electrons. The summed E-state index contributed by atoms with van der Waals surface area (Å²) in [6.45, 7) is 2.70. The molecule has 1 heterocycles. The molecule has 8 heteroatoms. The van der Waals surface area contributed by atoms with Crippen LogP contribution in [0.3, 0.4) is 0 Å². The van der Waals surface area contributed by atoms with Gasteiger partial charge >= 0.3 is 0 Å². The summed E-state index contributed by atoms with van der Waals surface area (Å²) in [7, 11) is -0.444. The molecule has 1 fully saturated rings. The number of amides is 1. The third kappa shape index (κ3) is 5.13. The summed E-state index contributed by atoms with van der Waals surface area (Å²) < 4.78 is 38.4. The van der Waals surface area contributed by atoms with Crippen LogP contribution in [0.25, 0.3) is 0 Å². The summed E-state index contributed by atoms with van der Waals surface area (Å²) in [4.78, 5) is 16.8. The Bertz CT molecular complexity index is 936. The second kappa shape index (κ2) is 8.92. The Hall–Kier alpha value is -2.45. The first-order chi connectivity index (χ1) is 13.8. The van der Waals surface area contributed by atoms with Crippen LogP contribution in [0.1, 0.15) is 12.0 Å². The number of carbonyl (C=O) groups is 1. The molecule has 1 amide bonds. The van der Waals surface area contributed by atoms with Crippen molar-refractivity contribution in [1.82, 2.24) is 9.21 Å². The number of aryl methyl sites for hydroxylation is 1. The van der Waals surface area contributed by atoms with E-state index in [2.05, 4.69) is 4.90 Å². The Balaban J connectivity index is 1.49. The zero-order valence-electron chi connectivity index (χ0n) is 16.7. The first kappa shape index (κ1) is 21.3. The fourth-order valence-electron chi connectivity index (χ4n) is 3.31. The number of hydrogen-bond acceptors (Lipinski definition) is 4. The van der Waals surface area contributed by atoms with Gasteiger partial charge < -0.3 is 9.80 Å². The molecule has 1 saturated heterocycles. The predicted octanol–water partition coefficient (Wildman–Crippen LogP) is 2.36. The van der Waals surface area contributed by atoms with E-state index in [9.17, 15) is 17.6 Å². The second-order valence-corrected chi connectivity index (χ2v) is 9.43. The second-order valence-electron chi connectivity index (χ2n) is 7.28. The zero-order chi connectivity index (χ0) is 21.0. The van der Waals surface area contributed by atoms with Crippen molar-refractivity contribution in [1.29, 1.82) is 0 Å². The molecular formula is C21H26FN3O3S. The molecule has 2 aromatic carbocycles. The molecule has 0 atom stereocenters. The van der Waals surface area contributed by atoms with Gasteiger partial charge in [-0.3, -0.25) is 4.79 Å². The SMILES string of the molecule is CN(C)S(=O)(=O)c1ccc(CCC(=O)N2CCN(c3ccc(F)cc3)CC2)cc1. The largest absolute Gasteiger partial charge is 0.368 e. The smallest absolute Gasteiger partial charge is 0.242 e. The van der Waals surface area contributed by atoms with Crippen LogP contribution in [0.4, 0.5) is 10.1 Å². The molecule has 1 aliphatic heterocycles. The lowest BCUT2D eigenvalue weighted by molar-refractivity contribution is -0.131. The van der Waals surface area contributed by atoms with Gasteiger partial charge in [0.2, 0.25) is 15.9 Å². The van der Waals surface area contributed by atoms with Gasteiger partial charge in [0.15, 0.2) is 0 Å². The Morgan fingerprint density at radius 2 is 1.55 bits per heavy atom. The van der Waals surface area contributed by atoms with Crippen molar-refractivity contribution in [2.45, 2.75) is 17.7 Å². The lowest BCUT2D eigenvalue weighted by Gasteiger charge is -2.36. The van der Waals surface area contributed by atoms with Gasteiger partial charge in [-0.2, -0.15) is 0 Å². The highest BCUT2D eigenvalue weighted by atomic mass is 32.2. The molecule has 0 unspecified atom stereocenters. The van der Waals surface area contributed by atoms with Crippen LogP contribution >= 0.6 is 0 Å². The van der Waals surface area contributed by atoms with Crippen molar-refractivity contribution in [3.05, 3.63) is 59.9 Å². The fraction of sp³-hybridized carbons (Fsp3) is 0.381. The number of halogens is 1. The Labute approximate surface area is 171 Å². The van der Waals surface area contributed by atoms with Gasteiger partial charge in [0.05, 0.1) is 4.90 Å². The number of hydrogen-bond donors (Lipinski definition) is 0. The summed E-state index contributed by atoms with van der Waals surface area (Å²) in [5, 5.41) is 0. The normalized spacial score (nSPS) is 15.0. The molecule has 3 rings (SSSR count). The summed E-state index contributed by atoms with van der Waals surface area (Å²) in [6, 6.07) is 13.1. The minimum atomic E-state index is -3.44. The average molecular weight is 420 g/mol. The summed E-state index contributed by atoms with van der Waals surface area (Å²) in [5.41, 5.74) is 1.90. The van der Waals surface area contributed by atoms with Gasteiger partial charge in [-0.05, 0) is 48.4 Å². The highest BCUT2D eigenvalue weighted by molar-refractivity contribution is 7.89. The maximum Gasteiger partial charge on any atom is 0.242 e. The van der Waals surface area contributed by atoms with Crippen LogP contribution in [0.2, 0.25) is 0 Å². The van der Waals surface area contributed by atoms with E-state index in [-0.39, 0.29) is 16.6 Å². The quantitative estimate of drug-likeness (QED) is 0.721. The average Bonchev–Trinajstić information content (AvgIpc) is 2.73. The van der Waals surface area contributed by atoms with E-state index in [4.69, 9.17) is 0 Å². The van der Waals surface area contributed by atoms with Crippen LogP contribution in [0.5, 0.6) is 0 Å². The zero-order valence-corrected chi connectivity index (χ0v) is 17.5. The predicted molar refractivity (Wildman–Crippen MR) is 111 cm³/mol. The fourth-order valence-corrected chi connectivity index (χ4v) is 4.22. The molecular weight excluding hydrogens is 393 g/mol. The molecule has 156 valence electrons. The van der Waals surface area contributed by atoms with Gasteiger partial charge in [-0.15, -0.1) is 0 Å². The molecule has 1 aliphatic rings. The highest BCUT2D eigenvalue weighted by Gasteiger charge is 2.21. The topological polar surface area (TPSA) is 60.9 Å². The van der Waals surface area contributed by atoms with Crippen LogP contribution in [-0.2, 0) is 21.2 Å². The van der Waals surface area contributed by atoms with E-state index in [1.165, 1.54) is 30.5 Å². The van der Waals surface area contributed by atoms with Crippen LogP contribution in [0, 0.1) is 5.82 Å². The van der Waals surface area contributed by atoms with Gasteiger partial charge in [0, 0.05) is 52.4 Å². The Morgan fingerprint density at radius 3 is 2.10 bits per heavy atom. The van der Waals surface area contributed by atoms with Gasteiger partial charge in [-0.1, -0.05) is 12.1 Å². The van der Waals surface area contributed by atoms with E-state index in [0.29, 0.717) is 39.0 Å². The van der Waals surface area contributed by atoms with Crippen molar-refractivity contribution >= 4 is 21.6 Å². The van der Waals surface area contributed by atoms with E-state index in [1.54, 1.807) is 36.4 Å². The number of rotatable bonds is 6. The lowest BCUT2D eigenvalue weighted by Crippen LogP contribution is -2.48. The van der Waals surface area contributed by atoms with Crippen molar-refractivity contribution in [2.75, 3.05) is 45.2 Å². The first-order valence-corrected chi connectivity index (χ1v) is 11.0. The molecule has 0 aromatic heterocycles. The third-order valence-electron chi connectivity index (χ3n) is 5.15. The van der Waals surface area contributed by atoms with Gasteiger partial charge in [0.25, 0.3) is 0 Å². The van der Waals surface area contributed by atoms with Crippen molar-refractivity contribution in [3.63, 3.8) is 0 Å². The molecule has 6 nitrogen and oxygen atoms in total. The minimum Gasteiger partial charge on any atom is -0.368 e. The number of nitrogens with zero attached hydrogens (tertiary/aromatic N) is 3. The van der Waals surface area contributed by atoms with E-state index < -0.39 is 10.0 Å². The van der Waals surface area contributed by atoms with E-state index >= 15 is 0 Å². The Morgan fingerprint density at radius 1 is 0.966 bits per heavy atom. The number of benzene rings is 2. The monoisotopic (exact) mass is 419 g/mol. The van der Waals surface area contributed by atoms with Crippen molar-refractivity contribution < 1.29 is 17.6 Å². The lowest BCUT2D eigenvalue weighted by atomic mass is 10.1. The maximum absolute atomic E-state index is 13.1. The Kier molecular flexibility index (Phi) is 6.54. The first-order valence-electron chi connectivity index (χ1n) is 9.57. The van der Waals surface area contributed by atoms with E-state index in [1.807, 2.05) is 4.90 Å². The highest BCUT2D eigenvalue weighted by Crippen LogP contribution is 2.18. The molecule has 0 bridgehead atoms. The molecule has 0 spiro atoms. The summed E-state index contributed by atoms with van der Waals surface area (Å²) in [6.07, 6.45) is 0.954. The number of anilines is 1. The number of piperazine rings is 1. The number of carbonyl (C=O) groups excluding carboxylic acids is 1. The molecule has 0 N–H and O–H groups in total. The molecule has 0 aliphatic carbocycles. The van der Waals surface area contributed by atoms with Crippen LogP contribution in [-0.4, -0.2) is 63.8 Å². The van der Waals surface area contributed by atoms with Gasteiger partial charge in [0.1, 0.15) is 5.82 Å². The maximum atomic E-state index is 13.1. The molecule has 29 heavy (non-hydrogen) atoms. The summed E-state index contributed by atoms with van der Waals surface area (Å²) in [5.74, 6) is -0.163. The van der Waals surface area contributed by atoms with Crippen LogP contribution in [0.15, 0.2) is 53.4 Å². The van der Waals surface area contributed by atoms with E-state index in [0.717, 1.165) is 11.3 Å². The van der Waals surface area contributed by atoms with Gasteiger partial charge in [-0.25, -0.2) is 17.1 Å². The molecule has 2 aromatic rings.